The number of hydrogen-bond acceptors (Lipinski definition) is 6. The van der Waals surface area contributed by atoms with Crippen LogP contribution in [0.3, 0.4) is 0 Å². The highest BCUT2D eigenvalue weighted by Gasteiger charge is 2.21. The van der Waals surface area contributed by atoms with Gasteiger partial charge in [-0.05, 0) is 30.3 Å². The molecular weight excluding hydrogens is 430 g/mol. The summed E-state index contributed by atoms with van der Waals surface area (Å²) in [4.78, 5) is 12.5. The lowest BCUT2D eigenvalue weighted by Crippen LogP contribution is -2.26. The third-order valence-corrected chi connectivity index (χ3v) is 6.48. The lowest BCUT2D eigenvalue weighted by molar-refractivity contribution is -0.114. The smallest absolute Gasteiger partial charge is 0.264 e. The van der Waals surface area contributed by atoms with Crippen LogP contribution in [0.2, 0.25) is 0 Å². The van der Waals surface area contributed by atoms with E-state index in [1.54, 1.807) is 54.6 Å². The van der Waals surface area contributed by atoms with Gasteiger partial charge in [0.25, 0.3) is 10.0 Å². The molecule has 0 radical (unpaired) electrons. The van der Waals surface area contributed by atoms with E-state index in [-0.39, 0.29) is 17.3 Å². The van der Waals surface area contributed by atoms with Crippen molar-refractivity contribution in [2.75, 3.05) is 42.8 Å². The van der Waals surface area contributed by atoms with Crippen LogP contribution in [0.15, 0.2) is 77.7 Å². The molecule has 3 aromatic carbocycles. The van der Waals surface area contributed by atoms with Gasteiger partial charge in [-0.1, -0.05) is 24.3 Å². The van der Waals surface area contributed by atoms with E-state index < -0.39 is 10.0 Å². The van der Waals surface area contributed by atoms with E-state index in [2.05, 4.69) is 10.6 Å². The molecule has 8 nitrogen and oxygen atoms in total. The SMILES string of the molecule is COc1cc(NC(=O)CNc2cccc(S(=O)(=O)N(C)c3ccccc3)c2)cc(OC)c1. The van der Waals surface area contributed by atoms with Crippen LogP contribution in [0.4, 0.5) is 17.1 Å². The Balaban J connectivity index is 1.68. The minimum atomic E-state index is -3.75. The number of sulfonamides is 1. The minimum absolute atomic E-state index is 0.0580. The van der Waals surface area contributed by atoms with E-state index in [0.717, 1.165) is 0 Å². The molecule has 32 heavy (non-hydrogen) atoms. The number of hydrogen-bond donors (Lipinski definition) is 2. The summed E-state index contributed by atoms with van der Waals surface area (Å²) < 4.78 is 37.6. The summed E-state index contributed by atoms with van der Waals surface area (Å²) in [6.45, 7) is -0.0580. The highest BCUT2D eigenvalue weighted by atomic mass is 32.2. The van der Waals surface area contributed by atoms with Crippen LogP contribution in [0, 0.1) is 0 Å². The first-order chi connectivity index (χ1) is 15.3. The summed E-state index contributed by atoms with van der Waals surface area (Å²) >= 11 is 0. The standard InChI is InChI=1S/C23H25N3O5S/c1-26(19-9-5-4-6-10-19)32(28,29)22-11-7-8-17(14-22)24-16-23(27)25-18-12-20(30-2)15-21(13-18)31-3/h4-15,24H,16H2,1-3H3,(H,25,27). The van der Waals surface area contributed by atoms with Crippen molar-refractivity contribution < 1.29 is 22.7 Å². The molecule has 0 fully saturated rings. The van der Waals surface area contributed by atoms with Gasteiger partial charge in [-0.15, -0.1) is 0 Å². The van der Waals surface area contributed by atoms with Crippen LogP contribution < -0.4 is 24.4 Å². The molecule has 0 aromatic heterocycles. The maximum Gasteiger partial charge on any atom is 0.264 e. The Labute approximate surface area is 187 Å². The number of nitrogens with zero attached hydrogens (tertiary/aromatic N) is 1. The number of carbonyl (C=O) groups excluding carboxylic acids is 1. The van der Waals surface area contributed by atoms with Gasteiger partial charge in [0, 0.05) is 36.6 Å². The average Bonchev–Trinajstić information content (AvgIpc) is 2.82. The third-order valence-electron chi connectivity index (χ3n) is 4.70. The number of ether oxygens (including phenoxy) is 2. The number of benzene rings is 3. The van der Waals surface area contributed by atoms with Crippen LogP contribution in [0.1, 0.15) is 0 Å². The Morgan fingerprint density at radius 1 is 0.875 bits per heavy atom. The van der Waals surface area contributed by atoms with Gasteiger partial charge in [0.2, 0.25) is 5.91 Å². The molecule has 168 valence electrons. The molecule has 0 aliphatic rings. The summed E-state index contributed by atoms with van der Waals surface area (Å²) in [5.74, 6) is 0.788. The van der Waals surface area contributed by atoms with E-state index in [1.165, 1.54) is 37.7 Å². The zero-order valence-corrected chi connectivity index (χ0v) is 18.8. The number of anilines is 3. The van der Waals surface area contributed by atoms with Gasteiger partial charge in [-0.3, -0.25) is 9.10 Å². The van der Waals surface area contributed by atoms with Crippen molar-refractivity contribution in [1.29, 1.82) is 0 Å². The molecule has 0 aliphatic heterocycles. The molecule has 0 aliphatic carbocycles. The summed E-state index contributed by atoms with van der Waals surface area (Å²) in [5.41, 5.74) is 1.58. The van der Waals surface area contributed by atoms with Gasteiger partial charge < -0.3 is 20.1 Å². The first-order valence-corrected chi connectivity index (χ1v) is 11.2. The fourth-order valence-corrected chi connectivity index (χ4v) is 4.21. The molecule has 0 unspecified atom stereocenters. The van der Waals surface area contributed by atoms with Crippen molar-refractivity contribution in [1.82, 2.24) is 0 Å². The Morgan fingerprint density at radius 3 is 2.16 bits per heavy atom. The Bertz CT molecular complexity index is 1160. The highest BCUT2D eigenvalue weighted by molar-refractivity contribution is 7.92. The Hall–Kier alpha value is -3.72. The molecule has 0 heterocycles. The fourth-order valence-electron chi connectivity index (χ4n) is 2.97. The van der Waals surface area contributed by atoms with Crippen molar-refractivity contribution in [3.63, 3.8) is 0 Å². The lowest BCUT2D eigenvalue weighted by atomic mass is 10.2. The van der Waals surface area contributed by atoms with Gasteiger partial charge in [-0.2, -0.15) is 0 Å². The van der Waals surface area contributed by atoms with Gasteiger partial charge in [0.15, 0.2) is 0 Å². The summed E-state index contributed by atoms with van der Waals surface area (Å²) in [6.07, 6.45) is 0. The van der Waals surface area contributed by atoms with Crippen LogP contribution in [0.5, 0.6) is 11.5 Å². The zero-order chi connectivity index (χ0) is 23.1. The normalized spacial score (nSPS) is 10.8. The lowest BCUT2D eigenvalue weighted by Gasteiger charge is -2.20. The number of methoxy groups -OCH3 is 2. The third kappa shape index (κ3) is 5.50. The number of amides is 1. The largest absolute Gasteiger partial charge is 0.497 e. The van der Waals surface area contributed by atoms with Crippen LogP contribution in [-0.2, 0) is 14.8 Å². The number of nitrogens with one attached hydrogen (secondary N) is 2. The van der Waals surface area contributed by atoms with E-state index in [1.807, 2.05) is 6.07 Å². The van der Waals surface area contributed by atoms with Crippen LogP contribution in [-0.4, -0.2) is 42.1 Å². The summed E-state index contributed by atoms with van der Waals surface area (Å²) in [7, 11) is 0.801. The van der Waals surface area contributed by atoms with Gasteiger partial charge in [0.05, 0.1) is 31.3 Å². The average molecular weight is 456 g/mol. The van der Waals surface area contributed by atoms with Crippen molar-refractivity contribution in [2.45, 2.75) is 4.90 Å². The fraction of sp³-hybridized carbons (Fsp3) is 0.174. The van der Waals surface area contributed by atoms with E-state index >= 15 is 0 Å². The maximum absolute atomic E-state index is 13.0. The summed E-state index contributed by atoms with van der Waals surface area (Å²) in [6, 6.07) is 20.2. The van der Waals surface area contributed by atoms with Crippen molar-refractivity contribution in [3.05, 3.63) is 72.8 Å². The van der Waals surface area contributed by atoms with Crippen molar-refractivity contribution >= 4 is 33.0 Å². The quantitative estimate of drug-likeness (QED) is 0.512. The highest BCUT2D eigenvalue weighted by Crippen LogP contribution is 2.26. The molecule has 1 amide bonds. The van der Waals surface area contributed by atoms with E-state index in [0.29, 0.717) is 28.6 Å². The zero-order valence-electron chi connectivity index (χ0n) is 18.0. The molecule has 0 saturated carbocycles. The topological polar surface area (TPSA) is 97.0 Å². The molecule has 3 aromatic rings. The molecule has 0 spiro atoms. The second kappa shape index (κ2) is 10.1. The number of carbonyl (C=O) groups is 1. The summed E-state index contributed by atoms with van der Waals surface area (Å²) in [5, 5.41) is 5.71. The molecule has 9 heteroatoms. The number of para-hydroxylation sites is 1. The molecule has 0 saturated heterocycles. The first kappa shape index (κ1) is 23.0. The van der Waals surface area contributed by atoms with Crippen LogP contribution in [0.25, 0.3) is 0 Å². The van der Waals surface area contributed by atoms with E-state index in [9.17, 15) is 13.2 Å². The van der Waals surface area contributed by atoms with Crippen LogP contribution >= 0.6 is 0 Å². The molecule has 2 N–H and O–H groups in total. The molecule has 0 atom stereocenters. The van der Waals surface area contributed by atoms with E-state index in [4.69, 9.17) is 9.47 Å². The van der Waals surface area contributed by atoms with Gasteiger partial charge in [-0.25, -0.2) is 8.42 Å². The Morgan fingerprint density at radius 2 is 1.53 bits per heavy atom. The molecular formula is C23H25N3O5S. The second-order valence-corrected chi connectivity index (χ2v) is 8.81. The monoisotopic (exact) mass is 455 g/mol. The first-order valence-electron chi connectivity index (χ1n) is 9.74. The predicted molar refractivity (Wildman–Crippen MR) is 125 cm³/mol. The van der Waals surface area contributed by atoms with Crippen molar-refractivity contribution in [2.24, 2.45) is 0 Å². The van der Waals surface area contributed by atoms with Gasteiger partial charge >= 0.3 is 0 Å². The molecule has 3 rings (SSSR count). The number of rotatable bonds is 9. The second-order valence-electron chi connectivity index (χ2n) is 6.84. The van der Waals surface area contributed by atoms with Gasteiger partial charge in [0.1, 0.15) is 11.5 Å². The predicted octanol–water partition coefficient (Wildman–Crippen LogP) is 3.58. The van der Waals surface area contributed by atoms with Crippen molar-refractivity contribution in [3.8, 4) is 11.5 Å². The molecule has 0 bridgehead atoms. The minimum Gasteiger partial charge on any atom is -0.497 e. The maximum atomic E-state index is 13.0. The Kier molecular flexibility index (Phi) is 7.21.